The van der Waals surface area contributed by atoms with E-state index < -0.39 is 11.9 Å². The van der Waals surface area contributed by atoms with Crippen LogP contribution >= 0.6 is 0 Å². The van der Waals surface area contributed by atoms with Crippen LogP contribution in [0.5, 0.6) is 0 Å². The second-order valence-electron chi connectivity index (χ2n) is 9.07. The topological polar surface area (TPSA) is 65.0 Å². The predicted molar refractivity (Wildman–Crippen MR) is 133 cm³/mol. The Morgan fingerprint density at radius 1 is 0.562 bits per heavy atom. The van der Waals surface area contributed by atoms with Gasteiger partial charge in [-0.05, 0) is 32.1 Å². The molecule has 32 heavy (non-hydrogen) atoms. The highest BCUT2D eigenvalue weighted by atomic mass is 16.9. The standard InChI is InChI=1S/C27H54O5/c1-4-23-30-27(31-24-5-2,32-25-6-3)22-20-18-16-14-12-10-8-7-9-11-13-15-17-19-21-26(28)29/h4-25H2,1-3H3,(H,28,29). The molecule has 0 aromatic rings. The first-order chi connectivity index (χ1) is 15.6. The average molecular weight is 459 g/mol. The molecule has 0 aromatic heterocycles. The minimum atomic E-state index is -0.835. The highest BCUT2D eigenvalue weighted by Crippen LogP contribution is 2.25. The zero-order chi connectivity index (χ0) is 23.8. The molecule has 1 N–H and O–H groups in total. The maximum Gasteiger partial charge on any atom is 0.303 e. The summed E-state index contributed by atoms with van der Waals surface area (Å²) in [4.78, 5) is 10.5. The predicted octanol–water partition coefficient (Wildman–Crippen LogP) is 8.25. The van der Waals surface area contributed by atoms with Gasteiger partial charge < -0.3 is 19.3 Å². The first-order valence-corrected chi connectivity index (χ1v) is 13.7. The van der Waals surface area contributed by atoms with E-state index in [-0.39, 0.29) is 0 Å². The maximum absolute atomic E-state index is 10.5. The third kappa shape index (κ3) is 20.0. The molecular formula is C27H54O5. The maximum atomic E-state index is 10.5. The summed E-state index contributed by atoms with van der Waals surface area (Å²) in [5, 5.41) is 8.62. The number of unbranched alkanes of at least 4 members (excludes halogenated alkanes) is 13. The summed E-state index contributed by atoms with van der Waals surface area (Å²) in [7, 11) is 0. The number of ether oxygens (including phenoxy) is 3. The van der Waals surface area contributed by atoms with Gasteiger partial charge in [0.2, 0.25) is 0 Å². The Balaban J connectivity index is 3.70. The minimum absolute atomic E-state index is 0.326. The van der Waals surface area contributed by atoms with Gasteiger partial charge in [-0.15, -0.1) is 0 Å². The van der Waals surface area contributed by atoms with Crippen LogP contribution < -0.4 is 0 Å². The van der Waals surface area contributed by atoms with Gasteiger partial charge in [0, 0.05) is 12.8 Å². The van der Waals surface area contributed by atoms with Crippen molar-refractivity contribution < 1.29 is 24.1 Å². The van der Waals surface area contributed by atoms with E-state index in [0.29, 0.717) is 26.2 Å². The largest absolute Gasteiger partial charge is 0.481 e. The Morgan fingerprint density at radius 3 is 1.19 bits per heavy atom. The van der Waals surface area contributed by atoms with E-state index in [1.807, 2.05) is 0 Å². The SMILES string of the molecule is CCCOC(CCCCCCCCCCCCCCCCC(=O)O)(OCCC)OCCC. The normalized spacial score (nSPS) is 11.8. The van der Waals surface area contributed by atoms with Crippen LogP contribution in [0.3, 0.4) is 0 Å². The van der Waals surface area contributed by atoms with E-state index in [2.05, 4.69) is 20.8 Å². The minimum Gasteiger partial charge on any atom is -0.481 e. The highest BCUT2D eigenvalue weighted by Gasteiger charge is 2.32. The number of hydrogen-bond acceptors (Lipinski definition) is 4. The molecule has 0 heterocycles. The van der Waals surface area contributed by atoms with Gasteiger partial charge in [-0.25, -0.2) is 0 Å². The Bertz CT molecular complexity index is 378. The summed E-state index contributed by atoms with van der Waals surface area (Å²) in [6.45, 7) is 8.40. The lowest BCUT2D eigenvalue weighted by molar-refractivity contribution is -0.383. The number of carboxylic acid groups (broad SMARTS) is 1. The van der Waals surface area contributed by atoms with Gasteiger partial charge in [-0.1, -0.05) is 97.8 Å². The second-order valence-corrected chi connectivity index (χ2v) is 9.07. The third-order valence-corrected chi connectivity index (χ3v) is 5.70. The van der Waals surface area contributed by atoms with Crippen LogP contribution in [0.25, 0.3) is 0 Å². The third-order valence-electron chi connectivity index (χ3n) is 5.70. The number of aliphatic carboxylic acids is 1. The van der Waals surface area contributed by atoms with Gasteiger partial charge in [0.15, 0.2) is 0 Å². The number of carboxylic acids is 1. The zero-order valence-corrected chi connectivity index (χ0v) is 21.6. The van der Waals surface area contributed by atoms with Gasteiger partial charge in [0.05, 0.1) is 19.8 Å². The molecule has 5 nitrogen and oxygen atoms in total. The van der Waals surface area contributed by atoms with Crippen LogP contribution in [0.2, 0.25) is 0 Å². The first kappa shape index (κ1) is 31.4. The van der Waals surface area contributed by atoms with Gasteiger partial charge in [-0.3, -0.25) is 4.79 Å². The van der Waals surface area contributed by atoms with Crippen LogP contribution in [0.1, 0.15) is 143 Å². The molecular weight excluding hydrogens is 404 g/mol. The van der Waals surface area contributed by atoms with Crippen molar-refractivity contribution in [2.45, 2.75) is 149 Å². The van der Waals surface area contributed by atoms with Gasteiger partial charge in [0.1, 0.15) is 0 Å². The summed E-state index contributed by atoms with van der Waals surface area (Å²) >= 11 is 0. The molecule has 0 atom stereocenters. The molecule has 0 aromatic carbocycles. The molecule has 0 bridgehead atoms. The monoisotopic (exact) mass is 458 g/mol. The lowest BCUT2D eigenvalue weighted by atomic mass is 10.0. The molecule has 0 aliphatic rings. The quantitative estimate of drug-likeness (QED) is 0.104. The van der Waals surface area contributed by atoms with Crippen molar-refractivity contribution in [3.63, 3.8) is 0 Å². The summed E-state index contributed by atoms with van der Waals surface area (Å²) in [5.74, 6) is -1.50. The summed E-state index contributed by atoms with van der Waals surface area (Å²) in [5.41, 5.74) is 0. The van der Waals surface area contributed by atoms with E-state index in [1.165, 1.54) is 70.6 Å². The molecule has 0 radical (unpaired) electrons. The molecule has 0 saturated heterocycles. The van der Waals surface area contributed by atoms with Crippen molar-refractivity contribution >= 4 is 5.97 Å². The van der Waals surface area contributed by atoms with Gasteiger partial charge >= 0.3 is 5.97 Å². The number of hydrogen-bond donors (Lipinski definition) is 1. The lowest BCUT2D eigenvalue weighted by Crippen LogP contribution is -2.40. The number of rotatable bonds is 26. The van der Waals surface area contributed by atoms with E-state index in [1.54, 1.807) is 0 Å². The zero-order valence-electron chi connectivity index (χ0n) is 21.6. The van der Waals surface area contributed by atoms with Crippen LogP contribution in [0.4, 0.5) is 0 Å². The van der Waals surface area contributed by atoms with Gasteiger partial charge in [-0.2, -0.15) is 0 Å². The van der Waals surface area contributed by atoms with E-state index in [4.69, 9.17) is 19.3 Å². The Hall–Kier alpha value is -0.650. The van der Waals surface area contributed by atoms with E-state index >= 15 is 0 Å². The van der Waals surface area contributed by atoms with Crippen molar-refractivity contribution in [2.75, 3.05) is 19.8 Å². The summed E-state index contributed by atoms with van der Waals surface area (Å²) < 4.78 is 18.1. The van der Waals surface area contributed by atoms with Gasteiger partial charge in [0.25, 0.3) is 5.97 Å². The van der Waals surface area contributed by atoms with Crippen LogP contribution in [0, 0.1) is 0 Å². The van der Waals surface area contributed by atoms with Crippen LogP contribution in [-0.2, 0) is 19.0 Å². The fraction of sp³-hybridized carbons (Fsp3) is 0.963. The molecule has 0 aliphatic heterocycles. The number of carbonyl (C=O) groups is 1. The Kier molecular flexibility index (Phi) is 23.0. The molecule has 0 amide bonds. The van der Waals surface area contributed by atoms with Crippen LogP contribution in [-0.4, -0.2) is 36.9 Å². The molecule has 0 fully saturated rings. The Labute approximate surface area is 199 Å². The first-order valence-electron chi connectivity index (χ1n) is 13.7. The Morgan fingerprint density at radius 2 is 0.875 bits per heavy atom. The summed E-state index contributed by atoms with van der Waals surface area (Å²) in [6.07, 6.45) is 21.3. The van der Waals surface area contributed by atoms with Crippen molar-refractivity contribution in [1.82, 2.24) is 0 Å². The fourth-order valence-electron chi connectivity index (χ4n) is 3.85. The van der Waals surface area contributed by atoms with E-state index in [9.17, 15) is 4.79 Å². The smallest absolute Gasteiger partial charge is 0.303 e. The fourth-order valence-corrected chi connectivity index (χ4v) is 3.85. The molecule has 192 valence electrons. The molecule has 0 aliphatic carbocycles. The molecule has 0 unspecified atom stereocenters. The van der Waals surface area contributed by atoms with Crippen molar-refractivity contribution in [3.8, 4) is 0 Å². The highest BCUT2D eigenvalue weighted by molar-refractivity contribution is 5.66. The molecule has 0 spiro atoms. The lowest BCUT2D eigenvalue weighted by Gasteiger charge is -2.33. The average Bonchev–Trinajstić information content (AvgIpc) is 2.79. The molecule has 0 rings (SSSR count). The summed E-state index contributed by atoms with van der Waals surface area (Å²) in [6, 6.07) is 0. The van der Waals surface area contributed by atoms with Crippen LogP contribution in [0.15, 0.2) is 0 Å². The molecule has 0 saturated carbocycles. The van der Waals surface area contributed by atoms with Crippen molar-refractivity contribution in [2.24, 2.45) is 0 Å². The second kappa shape index (κ2) is 23.5. The van der Waals surface area contributed by atoms with Crippen molar-refractivity contribution in [1.29, 1.82) is 0 Å². The van der Waals surface area contributed by atoms with Crippen molar-refractivity contribution in [3.05, 3.63) is 0 Å². The van der Waals surface area contributed by atoms with E-state index in [0.717, 1.165) is 44.9 Å². The molecule has 5 heteroatoms.